The van der Waals surface area contributed by atoms with Crippen molar-refractivity contribution in [2.75, 3.05) is 0 Å². The van der Waals surface area contributed by atoms with Crippen molar-refractivity contribution in [3.8, 4) is 0 Å². The van der Waals surface area contributed by atoms with Gasteiger partial charge in [-0.25, -0.2) is 4.79 Å². The zero-order valence-corrected chi connectivity index (χ0v) is 10.7. The van der Waals surface area contributed by atoms with Crippen molar-refractivity contribution in [2.24, 2.45) is 5.92 Å². The summed E-state index contributed by atoms with van der Waals surface area (Å²) in [5.74, 6) is -2.72. The highest BCUT2D eigenvalue weighted by Crippen LogP contribution is 2.39. The molecule has 2 atom stereocenters. The van der Waals surface area contributed by atoms with Crippen molar-refractivity contribution in [3.05, 3.63) is 72.9 Å². The molecule has 1 aliphatic rings. The first-order valence-electron chi connectivity index (χ1n) is 6.10. The first-order chi connectivity index (χ1) is 9.60. The molecule has 0 bridgehead atoms. The number of carbonyl (C=O) groups excluding carboxylic acids is 1. The smallest absolute Gasteiger partial charge is 0.331 e. The average Bonchev–Trinajstić information content (AvgIpc) is 2.48. The van der Waals surface area contributed by atoms with Gasteiger partial charge in [0.25, 0.3) is 0 Å². The number of benzene rings is 1. The lowest BCUT2D eigenvalue weighted by Crippen LogP contribution is -2.42. The minimum absolute atomic E-state index is 0.600. The molecule has 2 rings (SSSR count). The SMILES string of the molecule is C=CC(=O)OC1(c2ccccc2)C=CC=CC1C(=O)O. The largest absolute Gasteiger partial charge is 0.481 e. The minimum atomic E-state index is -1.35. The van der Waals surface area contributed by atoms with Crippen molar-refractivity contribution in [1.29, 1.82) is 0 Å². The molecule has 1 N–H and O–H groups in total. The number of carboxylic acids is 1. The maximum atomic E-state index is 11.6. The van der Waals surface area contributed by atoms with Crippen molar-refractivity contribution in [3.63, 3.8) is 0 Å². The van der Waals surface area contributed by atoms with Gasteiger partial charge in [-0.2, -0.15) is 0 Å². The zero-order chi connectivity index (χ0) is 14.6. The summed E-state index contributed by atoms with van der Waals surface area (Å²) < 4.78 is 5.41. The van der Waals surface area contributed by atoms with Crippen LogP contribution in [0.15, 0.2) is 67.3 Å². The van der Waals surface area contributed by atoms with Crippen LogP contribution in [0.2, 0.25) is 0 Å². The first-order valence-corrected chi connectivity index (χ1v) is 6.10. The summed E-state index contributed by atoms with van der Waals surface area (Å²) in [5.41, 5.74) is -0.754. The molecule has 0 aliphatic heterocycles. The second kappa shape index (κ2) is 5.57. The highest BCUT2D eigenvalue weighted by Gasteiger charge is 2.45. The summed E-state index contributed by atoms with van der Waals surface area (Å²) in [4.78, 5) is 23.1. The Morgan fingerprint density at radius 2 is 1.95 bits per heavy atom. The number of carboxylic acid groups (broad SMARTS) is 1. The highest BCUT2D eigenvalue weighted by atomic mass is 16.6. The third kappa shape index (κ3) is 2.40. The van der Waals surface area contributed by atoms with Crippen LogP contribution in [0, 0.1) is 5.92 Å². The fourth-order valence-corrected chi connectivity index (χ4v) is 2.23. The van der Waals surface area contributed by atoms with Crippen LogP contribution >= 0.6 is 0 Å². The Balaban J connectivity index is 2.56. The van der Waals surface area contributed by atoms with E-state index in [1.54, 1.807) is 42.5 Å². The second-order valence-corrected chi connectivity index (χ2v) is 4.34. The van der Waals surface area contributed by atoms with Gasteiger partial charge in [0, 0.05) is 11.6 Å². The molecule has 20 heavy (non-hydrogen) atoms. The molecule has 0 amide bonds. The lowest BCUT2D eigenvalue weighted by Gasteiger charge is -2.35. The summed E-state index contributed by atoms with van der Waals surface area (Å²) in [7, 11) is 0. The molecule has 0 radical (unpaired) electrons. The topological polar surface area (TPSA) is 63.6 Å². The van der Waals surface area contributed by atoms with Gasteiger partial charge in [-0.15, -0.1) is 0 Å². The number of hydrogen-bond acceptors (Lipinski definition) is 3. The van der Waals surface area contributed by atoms with Gasteiger partial charge in [0.15, 0.2) is 5.60 Å². The van der Waals surface area contributed by atoms with Crippen LogP contribution in [0.4, 0.5) is 0 Å². The molecule has 1 aliphatic carbocycles. The van der Waals surface area contributed by atoms with E-state index in [0.717, 1.165) is 6.08 Å². The van der Waals surface area contributed by atoms with Crippen molar-refractivity contribution < 1.29 is 19.4 Å². The summed E-state index contributed by atoms with van der Waals surface area (Å²) in [6.45, 7) is 3.36. The third-order valence-corrected chi connectivity index (χ3v) is 3.15. The molecular formula is C16H14O4. The quantitative estimate of drug-likeness (QED) is 0.674. The van der Waals surface area contributed by atoms with Gasteiger partial charge in [0.2, 0.25) is 0 Å². The van der Waals surface area contributed by atoms with E-state index in [1.807, 2.05) is 6.07 Å². The fourth-order valence-electron chi connectivity index (χ4n) is 2.23. The van der Waals surface area contributed by atoms with E-state index in [-0.39, 0.29) is 0 Å². The number of allylic oxidation sites excluding steroid dienone is 2. The summed E-state index contributed by atoms with van der Waals surface area (Å²) in [6.07, 6.45) is 7.41. The van der Waals surface area contributed by atoms with Gasteiger partial charge in [-0.05, 0) is 6.08 Å². The van der Waals surface area contributed by atoms with Crippen LogP contribution in [0.5, 0.6) is 0 Å². The van der Waals surface area contributed by atoms with E-state index >= 15 is 0 Å². The van der Waals surface area contributed by atoms with Crippen molar-refractivity contribution >= 4 is 11.9 Å². The summed E-state index contributed by atoms with van der Waals surface area (Å²) in [5, 5.41) is 9.42. The van der Waals surface area contributed by atoms with Crippen LogP contribution in [-0.4, -0.2) is 17.0 Å². The van der Waals surface area contributed by atoms with Crippen molar-refractivity contribution in [1.82, 2.24) is 0 Å². The Bertz CT molecular complexity index is 586. The minimum Gasteiger partial charge on any atom is -0.481 e. The number of hydrogen-bond donors (Lipinski definition) is 1. The van der Waals surface area contributed by atoms with E-state index in [1.165, 1.54) is 6.08 Å². The molecule has 102 valence electrons. The monoisotopic (exact) mass is 270 g/mol. The maximum Gasteiger partial charge on any atom is 0.331 e. The third-order valence-electron chi connectivity index (χ3n) is 3.15. The number of ether oxygens (including phenoxy) is 1. The van der Waals surface area contributed by atoms with E-state index in [4.69, 9.17) is 4.74 Å². The van der Waals surface area contributed by atoms with E-state index in [0.29, 0.717) is 5.56 Å². The van der Waals surface area contributed by atoms with Gasteiger partial charge in [0.05, 0.1) is 0 Å². The predicted molar refractivity (Wildman–Crippen MR) is 73.8 cm³/mol. The molecule has 1 aromatic carbocycles. The Kier molecular flexibility index (Phi) is 3.84. The van der Waals surface area contributed by atoms with Gasteiger partial charge in [-0.3, -0.25) is 4.79 Å². The Morgan fingerprint density at radius 1 is 1.25 bits per heavy atom. The van der Waals surface area contributed by atoms with Crippen LogP contribution < -0.4 is 0 Å². The van der Waals surface area contributed by atoms with Crippen LogP contribution in [0.1, 0.15) is 5.56 Å². The lowest BCUT2D eigenvalue weighted by molar-refractivity contribution is -0.161. The summed E-state index contributed by atoms with van der Waals surface area (Å²) >= 11 is 0. The average molecular weight is 270 g/mol. The molecule has 0 spiro atoms. The molecule has 1 aromatic rings. The number of esters is 1. The van der Waals surface area contributed by atoms with Crippen molar-refractivity contribution in [2.45, 2.75) is 5.60 Å². The molecule has 0 saturated carbocycles. The Hall–Kier alpha value is -2.62. The molecule has 0 saturated heterocycles. The fraction of sp³-hybridized carbons (Fsp3) is 0.125. The molecule has 4 heteroatoms. The van der Waals surface area contributed by atoms with E-state index < -0.39 is 23.5 Å². The molecular weight excluding hydrogens is 256 g/mol. The number of carbonyl (C=O) groups is 2. The van der Waals surface area contributed by atoms with Gasteiger partial charge < -0.3 is 9.84 Å². The lowest BCUT2D eigenvalue weighted by atomic mass is 9.78. The number of aliphatic carboxylic acids is 1. The van der Waals surface area contributed by atoms with Crippen LogP contribution in [-0.2, 0) is 19.9 Å². The maximum absolute atomic E-state index is 11.6. The second-order valence-electron chi connectivity index (χ2n) is 4.34. The molecule has 4 nitrogen and oxygen atoms in total. The van der Waals surface area contributed by atoms with Crippen LogP contribution in [0.3, 0.4) is 0 Å². The Labute approximate surface area is 116 Å². The Morgan fingerprint density at radius 3 is 2.55 bits per heavy atom. The van der Waals surface area contributed by atoms with Gasteiger partial charge >= 0.3 is 11.9 Å². The standard InChI is InChI=1S/C16H14O4/c1-2-14(17)20-16(12-8-4-3-5-9-12)11-7-6-10-13(16)15(18)19/h2-11,13H,1H2,(H,18,19). The highest BCUT2D eigenvalue weighted by molar-refractivity contribution is 5.83. The first kappa shape index (κ1) is 13.8. The number of rotatable bonds is 4. The molecule has 0 fully saturated rings. The zero-order valence-electron chi connectivity index (χ0n) is 10.7. The van der Waals surface area contributed by atoms with E-state index in [2.05, 4.69) is 6.58 Å². The summed E-state index contributed by atoms with van der Waals surface area (Å²) in [6, 6.07) is 8.81. The molecule has 0 heterocycles. The van der Waals surface area contributed by atoms with E-state index in [9.17, 15) is 14.7 Å². The normalized spacial score (nSPS) is 24.1. The molecule has 0 aromatic heterocycles. The van der Waals surface area contributed by atoms with Gasteiger partial charge in [0.1, 0.15) is 5.92 Å². The predicted octanol–water partition coefficient (Wildman–Crippen LogP) is 2.44. The van der Waals surface area contributed by atoms with Gasteiger partial charge in [-0.1, -0.05) is 55.1 Å². The van der Waals surface area contributed by atoms with Crippen LogP contribution in [0.25, 0.3) is 0 Å². The molecule has 2 unspecified atom stereocenters.